The first-order valence-corrected chi connectivity index (χ1v) is 2.59. The van der Waals surface area contributed by atoms with Gasteiger partial charge in [-0.2, -0.15) is 0 Å². The monoisotopic (exact) mass is 127 g/mol. The van der Waals surface area contributed by atoms with Crippen molar-refractivity contribution in [2.45, 2.75) is 13.8 Å². The van der Waals surface area contributed by atoms with Gasteiger partial charge in [-0.15, -0.1) is 0 Å². The third-order valence-corrected chi connectivity index (χ3v) is 1.22. The fraction of sp³-hybridized carbons (Fsp3) is 1.00. The minimum absolute atomic E-state index is 0. The molecule has 0 aromatic carbocycles. The van der Waals surface area contributed by atoms with Crippen molar-refractivity contribution in [1.29, 1.82) is 0 Å². The van der Waals surface area contributed by atoms with Crippen LogP contribution in [0.2, 0.25) is 0 Å². The first-order chi connectivity index (χ1) is 2.81. The predicted octanol–water partition coefficient (Wildman–Crippen LogP) is -2.21. The Bertz CT molecular complexity index is 30.9. The van der Waals surface area contributed by atoms with Gasteiger partial charge >= 0.3 is 29.6 Å². The van der Waals surface area contributed by atoms with E-state index >= 15 is 0 Å². The average molecular weight is 127 g/mol. The van der Waals surface area contributed by atoms with Crippen molar-refractivity contribution in [3.05, 3.63) is 0 Å². The van der Waals surface area contributed by atoms with Crippen LogP contribution in [0.15, 0.2) is 0 Å². The summed E-state index contributed by atoms with van der Waals surface area (Å²) in [6.07, 6.45) is 0. The SMILES string of the molecule is CCN([S-])CC.[Na+]. The van der Waals surface area contributed by atoms with Crippen molar-refractivity contribution in [2.75, 3.05) is 13.1 Å². The molecule has 0 aromatic heterocycles. The van der Waals surface area contributed by atoms with Crippen LogP contribution in [0.5, 0.6) is 0 Å². The van der Waals surface area contributed by atoms with E-state index < -0.39 is 0 Å². The molecule has 0 aliphatic heterocycles. The van der Waals surface area contributed by atoms with Gasteiger partial charge in [0.15, 0.2) is 0 Å². The van der Waals surface area contributed by atoms with Gasteiger partial charge in [-0.3, -0.25) is 0 Å². The quantitative estimate of drug-likeness (QED) is 0.306. The molecule has 0 fully saturated rings. The Morgan fingerprint density at radius 1 is 1.29 bits per heavy atom. The number of rotatable bonds is 2. The summed E-state index contributed by atoms with van der Waals surface area (Å²) in [7, 11) is 0. The van der Waals surface area contributed by atoms with Crippen LogP contribution in [0.1, 0.15) is 13.8 Å². The zero-order chi connectivity index (χ0) is 4.99. The summed E-state index contributed by atoms with van der Waals surface area (Å²) in [6, 6.07) is 0. The van der Waals surface area contributed by atoms with Crippen LogP contribution in [-0.2, 0) is 12.8 Å². The van der Waals surface area contributed by atoms with E-state index in [1.54, 1.807) is 0 Å². The molecule has 38 valence electrons. The van der Waals surface area contributed by atoms with Crippen molar-refractivity contribution < 1.29 is 29.6 Å². The Labute approximate surface area is 73.3 Å². The van der Waals surface area contributed by atoms with E-state index in [1.807, 2.05) is 4.31 Å². The van der Waals surface area contributed by atoms with Gasteiger partial charge in [0.25, 0.3) is 0 Å². The molecule has 0 aromatic rings. The van der Waals surface area contributed by atoms with E-state index in [0.717, 1.165) is 13.1 Å². The Morgan fingerprint density at radius 2 is 1.57 bits per heavy atom. The Balaban J connectivity index is 0. The van der Waals surface area contributed by atoms with Gasteiger partial charge in [0, 0.05) is 0 Å². The molecule has 0 unspecified atom stereocenters. The number of nitrogens with zero attached hydrogens (tertiary/aromatic N) is 1. The first kappa shape index (κ1) is 11.2. The summed E-state index contributed by atoms with van der Waals surface area (Å²) in [5, 5.41) is 0. The molecule has 0 heterocycles. The van der Waals surface area contributed by atoms with Gasteiger partial charge in [-0.05, 0) is 13.1 Å². The third-order valence-electron chi connectivity index (χ3n) is 0.705. The minimum atomic E-state index is 0. The molecule has 3 heteroatoms. The average Bonchev–Trinajstić information content (AvgIpc) is 1.65. The molecule has 0 spiro atoms. The van der Waals surface area contributed by atoms with Crippen LogP contribution in [0.25, 0.3) is 0 Å². The largest absolute Gasteiger partial charge is 1.00 e. The van der Waals surface area contributed by atoms with Gasteiger partial charge in [0.1, 0.15) is 0 Å². The Hall–Kier alpha value is 1.31. The maximum absolute atomic E-state index is 4.77. The molecule has 0 bridgehead atoms. The molecule has 0 aliphatic carbocycles. The second kappa shape index (κ2) is 7.31. The maximum Gasteiger partial charge on any atom is 1.00 e. The molecule has 0 rings (SSSR count). The number of hydrogen-bond acceptors (Lipinski definition) is 2. The second-order valence-corrected chi connectivity index (χ2v) is 1.63. The zero-order valence-corrected chi connectivity index (χ0v) is 8.09. The van der Waals surface area contributed by atoms with Crippen LogP contribution in [0.3, 0.4) is 0 Å². The van der Waals surface area contributed by atoms with E-state index in [1.165, 1.54) is 0 Å². The first-order valence-electron chi connectivity index (χ1n) is 2.23. The van der Waals surface area contributed by atoms with E-state index in [0.29, 0.717) is 0 Å². The summed E-state index contributed by atoms with van der Waals surface area (Å²) in [5.41, 5.74) is 0. The van der Waals surface area contributed by atoms with E-state index in [9.17, 15) is 0 Å². The fourth-order valence-corrected chi connectivity index (χ4v) is 0.224. The summed E-state index contributed by atoms with van der Waals surface area (Å²) in [5.74, 6) is 0. The molecule has 7 heavy (non-hydrogen) atoms. The summed E-state index contributed by atoms with van der Waals surface area (Å²) in [4.78, 5) is 0. The molecule has 0 saturated carbocycles. The molecule has 0 saturated heterocycles. The summed E-state index contributed by atoms with van der Waals surface area (Å²) in [6.45, 7) is 6.06. The molecule has 0 atom stereocenters. The zero-order valence-electron chi connectivity index (χ0n) is 5.27. The summed E-state index contributed by atoms with van der Waals surface area (Å²) >= 11 is 4.77. The number of hydrogen-bond donors (Lipinski definition) is 0. The Kier molecular flexibility index (Phi) is 11.6. The van der Waals surface area contributed by atoms with Gasteiger partial charge < -0.3 is 17.1 Å². The van der Waals surface area contributed by atoms with Gasteiger partial charge in [-0.25, -0.2) is 0 Å². The van der Waals surface area contributed by atoms with Crippen molar-refractivity contribution in [2.24, 2.45) is 0 Å². The second-order valence-electron chi connectivity index (χ2n) is 1.11. The molecule has 0 radical (unpaired) electrons. The van der Waals surface area contributed by atoms with E-state index in [4.69, 9.17) is 12.8 Å². The standard InChI is InChI=1S/C4H10NS.Na/c1-3-5(6)4-2;/h3-4H2,1-2H3;/q-1;+1. The topological polar surface area (TPSA) is 3.24 Å². The van der Waals surface area contributed by atoms with E-state index in [-0.39, 0.29) is 29.6 Å². The van der Waals surface area contributed by atoms with Crippen LogP contribution < -0.4 is 29.6 Å². The molecular formula is C4H10NNaS. The van der Waals surface area contributed by atoms with Crippen LogP contribution in [-0.4, -0.2) is 17.4 Å². The molecule has 1 nitrogen and oxygen atoms in total. The van der Waals surface area contributed by atoms with Crippen LogP contribution >= 0.6 is 0 Å². The smallest absolute Gasteiger partial charge is 0.702 e. The third kappa shape index (κ3) is 7.31. The van der Waals surface area contributed by atoms with Crippen molar-refractivity contribution in [1.82, 2.24) is 4.31 Å². The van der Waals surface area contributed by atoms with Crippen LogP contribution in [0, 0.1) is 0 Å². The molecular weight excluding hydrogens is 117 g/mol. The fourth-order valence-electron chi connectivity index (χ4n) is 0.224. The van der Waals surface area contributed by atoms with Crippen LogP contribution in [0.4, 0.5) is 0 Å². The normalized spacial score (nSPS) is 8.57. The molecule has 0 N–H and O–H groups in total. The molecule has 0 aliphatic rings. The maximum atomic E-state index is 4.77. The van der Waals surface area contributed by atoms with Gasteiger partial charge in [0.2, 0.25) is 0 Å². The van der Waals surface area contributed by atoms with Crippen molar-refractivity contribution in [3.63, 3.8) is 0 Å². The minimum Gasteiger partial charge on any atom is -0.702 e. The summed E-state index contributed by atoms with van der Waals surface area (Å²) < 4.78 is 1.83. The van der Waals surface area contributed by atoms with Crippen molar-refractivity contribution in [3.8, 4) is 0 Å². The Morgan fingerprint density at radius 3 is 1.57 bits per heavy atom. The molecule has 0 amide bonds. The van der Waals surface area contributed by atoms with Crippen molar-refractivity contribution >= 4 is 12.8 Å². The van der Waals surface area contributed by atoms with Gasteiger partial charge in [0.05, 0.1) is 0 Å². The van der Waals surface area contributed by atoms with Gasteiger partial charge in [-0.1, -0.05) is 13.8 Å². The predicted molar refractivity (Wildman–Crippen MR) is 30.3 cm³/mol. The van der Waals surface area contributed by atoms with E-state index in [2.05, 4.69) is 13.8 Å².